The average Bonchev–Trinajstić information content (AvgIpc) is 1.37. The molecule has 0 aromatic rings. The molecule has 34 valence electrons. The van der Waals surface area contributed by atoms with Gasteiger partial charge in [-0.15, -0.1) is 0 Å². The molecule has 2 heteroatoms. The molecule has 0 unspecified atom stereocenters. The van der Waals surface area contributed by atoms with Gasteiger partial charge in [0.05, 0.1) is 0 Å². The van der Waals surface area contributed by atoms with Gasteiger partial charge in [-0.3, -0.25) is 0 Å². The Morgan fingerprint density at radius 2 is 1.67 bits per heavy atom. The molecule has 0 aliphatic heterocycles. The van der Waals surface area contributed by atoms with Gasteiger partial charge in [0.25, 0.3) is 0 Å². The molecule has 0 heterocycles. The van der Waals surface area contributed by atoms with Gasteiger partial charge in [0.2, 0.25) is 0 Å². The van der Waals surface area contributed by atoms with Crippen LogP contribution in [-0.2, 0) is 0 Å². The Morgan fingerprint density at radius 1 is 1.50 bits per heavy atom. The van der Waals surface area contributed by atoms with Gasteiger partial charge in [0.15, 0.2) is 0 Å². The van der Waals surface area contributed by atoms with E-state index in [1.165, 1.54) is 6.42 Å². The Morgan fingerprint density at radius 3 is 1.67 bits per heavy atom. The van der Waals surface area contributed by atoms with Crippen molar-refractivity contribution in [2.45, 2.75) is 20.3 Å². The first-order chi connectivity index (χ1) is 1.91. The fraction of sp³-hybridized carbons (Fsp3) is 0.750. The number of rotatable bonds is 1. The van der Waals surface area contributed by atoms with Crippen LogP contribution >= 0.6 is 0 Å². The van der Waals surface area contributed by atoms with Crippen LogP contribution < -0.4 is 24.0 Å². The number of hydrogen-bond acceptors (Lipinski definition) is 0. The summed E-state index contributed by atoms with van der Waals surface area (Å²) in [5.41, 5.74) is 0. The second kappa shape index (κ2) is 16.1. The largest absolute Gasteiger partial charge is 2.00 e. The van der Waals surface area contributed by atoms with Crippen molar-refractivity contribution in [2.75, 3.05) is 0 Å². The minimum absolute atomic E-state index is 0. The molecule has 0 N–H and O–H groups in total. The molecule has 0 amide bonds. The zero-order valence-electron chi connectivity index (χ0n) is 4.37. The molecule has 0 aliphatic rings. The van der Waals surface area contributed by atoms with Crippen LogP contribution in [0.1, 0.15) is 20.3 Å². The Bertz CT molecular complexity index is 9.51. The Hall–Kier alpha value is 1.50. The molecule has 0 bridgehead atoms. The molecule has 0 atom stereocenters. The average molecular weight is 208 g/mol. The molecule has 0 nitrogen and oxygen atoms in total. The standard InChI is InChI=1S/C4H9.HI.Mg/c1-3-4-2;;/h3H,4H2,1-2H3;1H;/q-1;;+2/p-1. The van der Waals surface area contributed by atoms with E-state index in [0.717, 1.165) is 0 Å². The van der Waals surface area contributed by atoms with E-state index in [1.807, 2.05) is 0 Å². The monoisotopic (exact) mass is 208 g/mol. The predicted molar refractivity (Wildman–Crippen MR) is 26.0 cm³/mol. The molecule has 0 saturated carbocycles. The van der Waals surface area contributed by atoms with Crippen molar-refractivity contribution >= 4 is 23.1 Å². The van der Waals surface area contributed by atoms with Crippen molar-refractivity contribution in [2.24, 2.45) is 0 Å². The van der Waals surface area contributed by atoms with Crippen LogP contribution in [0.4, 0.5) is 0 Å². The van der Waals surface area contributed by atoms with Crippen molar-refractivity contribution < 1.29 is 24.0 Å². The molecule has 0 aliphatic carbocycles. The summed E-state index contributed by atoms with van der Waals surface area (Å²) in [5.74, 6) is 0. The molecule has 0 fully saturated rings. The summed E-state index contributed by atoms with van der Waals surface area (Å²) in [4.78, 5) is 0. The van der Waals surface area contributed by atoms with E-state index in [-0.39, 0.29) is 47.0 Å². The summed E-state index contributed by atoms with van der Waals surface area (Å²) in [6.45, 7) is 4.18. The van der Waals surface area contributed by atoms with Crippen molar-refractivity contribution in [3.63, 3.8) is 0 Å². The third kappa shape index (κ3) is 17.8. The van der Waals surface area contributed by atoms with E-state index >= 15 is 0 Å². The van der Waals surface area contributed by atoms with Crippen LogP contribution in [-0.4, -0.2) is 23.1 Å². The molecule has 0 radical (unpaired) electrons. The first-order valence-electron chi connectivity index (χ1n) is 1.69. The van der Waals surface area contributed by atoms with Crippen LogP contribution in [0.5, 0.6) is 0 Å². The minimum Gasteiger partial charge on any atom is -1.00 e. The van der Waals surface area contributed by atoms with Crippen molar-refractivity contribution in [3.05, 3.63) is 6.42 Å². The number of hydrogen-bond donors (Lipinski definition) is 0. The van der Waals surface area contributed by atoms with Gasteiger partial charge >= 0.3 is 23.1 Å². The third-order valence-corrected chi connectivity index (χ3v) is 0.408. The van der Waals surface area contributed by atoms with Crippen molar-refractivity contribution in [1.82, 2.24) is 0 Å². The maximum atomic E-state index is 2.12. The van der Waals surface area contributed by atoms with Gasteiger partial charge in [0.1, 0.15) is 0 Å². The summed E-state index contributed by atoms with van der Waals surface area (Å²) in [5, 5.41) is 0. The molecule has 0 spiro atoms. The molecular weight excluding hydrogens is 199 g/mol. The predicted octanol–water partition coefficient (Wildman–Crippen LogP) is -1.76. The molecule has 6 heavy (non-hydrogen) atoms. The first-order valence-corrected chi connectivity index (χ1v) is 1.69. The topological polar surface area (TPSA) is 0 Å². The fourth-order valence-electron chi connectivity index (χ4n) is 0. The minimum atomic E-state index is 0. The Labute approximate surface area is 73.2 Å². The first kappa shape index (κ1) is 15.6. The van der Waals surface area contributed by atoms with E-state index in [0.29, 0.717) is 0 Å². The summed E-state index contributed by atoms with van der Waals surface area (Å²) in [6, 6.07) is 0. The van der Waals surface area contributed by atoms with Crippen molar-refractivity contribution in [1.29, 1.82) is 0 Å². The fourth-order valence-corrected chi connectivity index (χ4v) is 0. The van der Waals surface area contributed by atoms with Gasteiger partial charge in [0, 0.05) is 0 Å². The van der Waals surface area contributed by atoms with E-state index in [2.05, 4.69) is 20.3 Å². The molecular formula is C4H9IMg. The van der Waals surface area contributed by atoms with E-state index in [1.54, 1.807) is 0 Å². The zero-order chi connectivity index (χ0) is 3.41. The summed E-state index contributed by atoms with van der Waals surface area (Å²) >= 11 is 0. The van der Waals surface area contributed by atoms with E-state index in [4.69, 9.17) is 0 Å². The van der Waals surface area contributed by atoms with Crippen LogP contribution in [0.3, 0.4) is 0 Å². The summed E-state index contributed by atoms with van der Waals surface area (Å²) in [7, 11) is 0. The molecule has 0 saturated heterocycles. The molecule has 0 rings (SSSR count). The van der Waals surface area contributed by atoms with Gasteiger partial charge in [-0.25, -0.2) is 0 Å². The van der Waals surface area contributed by atoms with Gasteiger partial charge in [-0.1, -0.05) is 6.92 Å². The second-order valence-electron chi connectivity index (χ2n) is 0.816. The smallest absolute Gasteiger partial charge is 1.00 e. The quantitative estimate of drug-likeness (QED) is 0.272. The SMILES string of the molecule is C[CH-]CC.[I-].[Mg+2]. The van der Waals surface area contributed by atoms with Crippen LogP contribution in [0.25, 0.3) is 0 Å². The zero-order valence-corrected chi connectivity index (χ0v) is 7.94. The van der Waals surface area contributed by atoms with E-state index < -0.39 is 0 Å². The van der Waals surface area contributed by atoms with Crippen LogP contribution in [0, 0.1) is 6.42 Å². The van der Waals surface area contributed by atoms with Crippen LogP contribution in [0.2, 0.25) is 0 Å². The third-order valence-electron chi connectivity index (χ3n) is 0.408. The number of unbranched alkanes of at least 4 members (excludes halogenated alkanes) is 1. The van der Waals surface area contributed by atoms with Gasteiger partial charge in [-0.2, -0.15) is 13.3 Å². The normalized spacial score (nSPS) is 5.00. The molecule has 0 aromatic heterocycles. The van der Waals surface area contributed by atoms with Crippen molar-refractivity contribution in [3.8, 4) is 0 Å². The Balaban J connectivity index is -0.0000000450. The second-order valence-corrected chi connectivity index (χ2v) is 0.816. The summed E-state index contributed by atoms with van der Waals surface area (Å²) in [6.07, 6.45) is 3.32. The maximum absolute atomic E-state index is 2.12. The Kier molecular flexibility index (Phi) is 41.9. The number of halogens is 1. The van der Waals surface area contributed by atoms with Gasteiger partial charge < -0.3 is 30.4 Å². The van der Waals surface area contributed by atoms with E-state index in [9.17, 15) is 0 Å². The van der Waals surface area contributed by atoms with Crippen LogP contribution in [0.15, 0.2) is 0 Å². The molecule has 0 aromatic carbocycles. The summed E-state index contributed by atoms with van der Waals surface area (Å²) < 4.78 is 0. The van der Waals surface area contributed by atoms with Gasteiger partial charge in [-0.05, 0) is 0 Å². The maximum Gasteiger partial charge on any atom is 2.00 e.